The van der Waals surface area contributed by atoms with Gasteiger partial charge in [0.2, 0.25) is 0 Å². The van der Waals surface area contributed by atoms with Crippen molar-refractivity contribution >= 4 is 17.6 Å². The van der Waals surface area contributed by atoms with Crippen LogP contribution < -0.4 is 11.1 Å². The molecule has 2 fully saturated rings. The Balaban J connectivity index is 1.62. The number of urea groups is 1. The summed E-state index contributed by atoms with van der Waals surface area (Å²) in [6.45, 7) is 2.72. The van der Waals surface area contributed by atoms with Crippen LogP contribution in [0, 0.1) is 0 Å². The van der Waals surface area contributed by atoms with Crippen LogP contribution in [0.1, 0.15) is 23.3 Å². The molecule has 3 rings (SSSR count). The van der Waals surface area contributed by atoms with Crippen LogP contribution in [0.25, 0.3) is 0 Å². The Bertz CT molecular complexity index is 561. The number of nitrogens with two attached hydrogens (primary N) is 1. The zero-order chi connectivity index (χ0) is 15.0. The lowest BCUT2D eigenvalue weighted by Crippen LogP contribution is -2.47. The minimum atomic E-state index is -0.127. The van der Waals surface area contributed by atoms with E-state index in [1.54, 1.807) is 22.8 Å². The fourth-order valence-electron chi connectivity index (χ4n) is 3.04. The Morgan fingerprint density at radius 2 is 2.10 bits per heavy atom. The van der Waals surface area contributed by atoms with Crippen molar-refractivity contribution in [3.05, 3.63) is 11.9 Å². The van der Waals surface area contributed by atoms with E-state index in [-0.39, 0.29) is 18.0 Å². The van der Waals surface area contributed by atoms with E-state index in [9.17, 15) is 9.59 Å². The van der Waals surface area contributed by atoms with Gasteiger partial charge < -0.3 is 20.9 Å². The van der Waals surface area contributed by atoms with Crippen molar-refractivity contribution in [2.24, 2.45) is 7.05 Å². The van der Waals surface area contributed by atoms with Crippen LogP contribution >= 0.6 is 0 Å². The second kappa shape index (κ2) is 5.27. The third-order valence-corrected chi connectivity index (χ3v) is 4.14. The quantitative estimate of drug-likeness (QED) is 0.777. The summed E-state index contributed by atoms with van der Waals surface area (Å²) in [6.07, 6.45) is 3.23. The van der Waals surface area contributed by atoms with Gasteiger partial charge in [-0.2, -0.15) is 5.10 Å². The average Bonchev–Trinajstić information content (AvgIpc) is 3.04. The number of carbonyl (C=O) groups excluding carboxylic acids is 2. The second-order valence-electron chi connectivity index (χ2n) is 5.56. The zero-order valence-corrected chi connectivity index (χ0v) is 12.1. The summed E-state index contributed by atoms with van der Waals surface area (Å²) in [7, 11) is 1.74. The highest BCUT2D eigenvalue weighted by atomic mass is 16.2. The number of aryl methyl sites for hydroxylation is 1. The standard InChI is InChI=1S/C13H20N6O2/c1-17-8-10(14)11(16-17)12(20)18-5-2-9(3-6-18)19-7-4-15-13(19)21/h8-9H,2-7,14H2,1H3,(H,15,21). The third kappa shape index (κ3) is 2.53. The summed E-state index contributed by atoms with van der Waals surface area (Å²) in [6, 6.07) is 0.228. The first kappa shape index (κ1) is 13.7. The molecule has 0 radical (unpaired) electrons. The minimum absolute atomic E-state index is 0.00810. The first-order valence-corrected chi connectivity index (χ1v) is 7.19. The molecule has 2 aliphatic heterocycles. The van der Waals surface area contributed by atoms with Gasteiger partial charge in [0.05, 0.1) is 5.69 Å². The van der Waals surface area contributed by atoms with E-state index < -0.39 is 0 Å². The van der Waals surface area contributed by atoms with Crippen LogP contribution in [0.2, 0.25) is 0 Å². The Morgan fingerprint density at radius 1 is 1.38 bits per heavy atom. The summed E-state index contributed by atoms with van der Waals surface area (Å²) in [4.78, 5) is 27.7. The largest absolute Gasteiger partial charge is 0.396 e. The molecule has 3 N–H and O–H groups in total. The first-order chi connectivity index (χ1) is 10.1. The molecule has 0 aliphatic carbocycles. The molecule has 0 spiro atoms. The number of nitrogens with zero attached hydrogens (tertiary/aromatic N) is 4. The highest BCUT2D eigenvalue weighted by Gasteiger charge is 2.32. The van der Waals surface area contributed by atoms with Gasteiger partial charge in [-0.05, 0) is 12.8 Å². The smallest absolute Gasteiger partial charge is 0.317 e. The number of aromatic nitrogens is 2. The molecule has 0 aromatic carbocycles. The highest BCUT2D eigenvalue weighted by molar-refractivity contribution is 5.97. The summed E-state index contributed by atoms with van der Waals surface area (Å²) < 4.78 is 1.55. The zero-order valence-electron chi connectivity index (χ0n) is 12.1. The lowest BCUT2D eigenvalue weighted by molar-refractivity contribution is 0.0660. The number of rotatable bonds is 2. The van der Waals surface area contributed by atoms with Crippen molar-refractivity contribution in [3.63, 3.8) is 0 Å². The lowest BCUT2D eigenvalue weighted by atomic mass is 10.0. The summed E-state index contributed by atoms with van der Waals surface area (Å²) in [5.41, 5.74) is 6.52. The summed E-state index contributed by atoms with van der Waals surface area (Å²) in [5.74, 6) is -0.127. The molecule has 8 heteroatoms. The number of carbonyl (C=O) groups is 2. The number of nitrogens with one attached hydrogen (secondary N) is 1. The van der Waals surface area contributed by atoms with Gasteiger partial charge in [0.25, 0.3) is 5.91 Å². The van der Waals surface area contributed by atoms with E-state index in [0.29, 0.717) is 31.0 Å². The van der Waals surface area contributed by atoms with Crippen molar-refractivity contribution in [2.45, 2.75) is 18.9 Å². The molecule has 21 heavy (non-hydrogen) atoms. The third-order valence-electron chi connectivity index (χ3n) is 4.14. The number of hydrogen-bond acceptors (Lipinski definition) is 4. The van der Waals surface area contributed by atoms with E-state index >= 15 is 0 Å². The monoisotopic (exact) mass is 292 g/mol. The van der Waals surface area contributed by atoms with E-state index in [0.717, 1.165) is 19.4 Å². The van der Waals surface area contributed by atoms with Crippen molar-refractivity contribution in [1.29, 1.82) is 0 Å². The number of piperidine rings is 1. The Morgan fingerprint density at radius 3 is 2.62 bits per heavy atom. The molecular weight excluding hydrogens is 272 g/mol. The van der Waals surface area contributed by atoms with Gasteiger partial charge in [-0.1, -0.05) is 0 Å². The van der Waals surface area contributed by atoms with E-state index in [2.05, 4.69) is 10.4 Å². The van der Waals surface area contributed by atoms with Gasteiger partial charge in [0.15, 0.2) is 5.69 Å². The van der Waals surface area contributed by atoms with Crippen molar-refractivity contribution in [1.82, 2.24) is 24.9 Å². The average molecular weight is 292 g/mol. The van der Waals surface area contributed by atoms with E-state index in [1.807, 2.05) is 4.90 Å². The fraction of sp³-hybridized carbons (Fsp3) is 0.615. The van der Waals surface area contributed by atoms with Crippen molar-refractivity contribution < 1.29 is 9.59 Å². The Labute approximate surface area is 122 Å². The fourth-order valence-corrected chi connectivity index (χ4v) is 3.04. The Kier molecular flexibility index (Phi) is 3.44. The maximum absolute atomic E-state index is 12.4. The van der Waals surface area contributed by atoms with Crippen LogP contribution in [0.15, 0.2) is 6.20 Å². The number of anilines is 1. The van der Waals surface area contributed by atoms with Gasteiger partial charge in [0.1, 0.15) is 0 Å². The van der Waals surface area contributed by atoms with Gasteiger partial charge in [-0.15, -0.1) is 0 Å². The van der Waals surface area contributed by atoms with E-state index in [1.165, 1.54) is 0 Å². The van der Waals surface area contributed by atoms with Crippen LogP contribution in [0.3, 0.4) is 0 Å². The topological polar surface area (TPSA) is 96.5 Å². The van der Waals surface area contributed by atoms with Crippen molar-refractivity contribution in [3.8, 4) is 0 Å². The molecular formula is C13H20N6O2. The van der Waals surface area contributed by atoms with Crippen LogP contribution in [-0.2, 0) is 7.05 Å². The van der Waals surface area contributed by atoms with Crippen LogP contribution in [0.5, 0.6) is 0 Å². The normalized spacial score (nSPS) is 20.0. The summed E-state index contributed by atoms with van der Waals surface area (Å²) in [5, 5.41) is 6.93. The lowest BCUT2D eigenvalue weighted by Gasteiger charge is -2.35. The minimum Gasteiger partial charge on any atom is -0.396 e. The van der Waals surface area contributed by atoms with Gasteiger partial charge in [-0.3, -0.25) is 9.48 Å². The molecule has 3 heterocycles. The Hall–Kier alpha value is -2.25. The van der Waals surface area contributed by atoms with Crippen molar-refractivity contribution in [2.75, 3.05) is 31.9 Å². The first-order valence-electron chi connectivity index (χ1n) is 7.19. The molecule has 3 amide bonds. The number of amides is 3. The van der Waals surface area contributed by atoms with Crippen LogP contribution in [-0.4, -0.2) is 63.7 Å². The molecule has 0 saturated carbocycles. The molecule has 2 aliphatic rings. The molecule has 2 saturated heterocycles. The molecule has 0 unspecified atom stereocenters. The summed E-state index contributed by atoms with van der Waals surface area (Å²) >= 11 is 0. The van der Waals surface area contributed by atoms with E-state index in [4.69, 9.17) is 5.73 Å². The highest BCUT2D eigenvalue weighted by Crippen LogP contribution is 2.20. The SMILES string of the molecule is Cn1cc(N)c(C(=O)N2CCC(N3CCNC3=O)CC2)n1. The number of nitrogen functional groups attached to an aromatic ring is 1. The molecule has 0 atom stereocenters. The van der Waals surface area contributed by atoms with Gasteiger partial charge >= 0.3 is 6.03 Å². The molecule has 1 aromatic rings. The molecule has 0 bridgehead atoms. The number of hydrogen-bond donors (Lipinski definition) is 2. The van der Waals surface area contributed by atoms with Gasteiger partial charge in [0, 0.05) is 45.5 Å². The van der Waals surface area contributed by atoms with Gasteiger partial charge in [-0.25, -0.2) is 4.79 Å². The predicted molar refractivity (Wildman–Crippen MR) is 76.7 cm³/mol. The molecule has 114 valence electrons. The second-order valence-corrected chi connectivity index (χ2v) is 5.56. The maximum Gasteiger partial charge on any atom is 0.317 e. The molecule has 8 nitrogen and oxygen atoms in total. The number of likely N-dealkylation sites (tertiary alicyclic amines) is 1. The predicted octanol–water partition coefficient (Wildman–Crippen LogP) is -0.368. The van der Waals surface area contributed by atoms with Crippen LogP contribution in [0.4, 0.5) is 10.5 Å². The molecule has 1 aromatic heterocycles. The maximum atomic E-state index is 12.4.